The van der Waals surface area contributed by atoms with Gasteiger partial charge in [0.15, 0.2) is 12.4 Å². The Balaban J connectivity index is 2.54. The van der Waals surface area contributed by atoms with Crippen LogP contribution in [-0.2, 0) is 11.8 Å². The highest BCUT2D eigenvalue weighted by molar-refractivity contribution is 9.09. The number of rotatable bonds is 3. The monoisotopic (exact) mass is 243 g/mol. The summed E-state index contributed by atoms with van der Waals surface area (Å²) in [5.74, 6) is 0.0331. The van der Waals surface area contributed by atoms with Crippen molar-refractivity contribution < 1.29 is 9.36 Å². The minimum absolute atomic E-state index is 0.0331. The molecule has 0 saturated heterocycles. The second-order valence-electron chi connectivity index (χ2n) is 2.74. The third-order valence-electron chi connectivity index (χ3n) is 1.58. The Morgan fingerprint density at radius 1 is 1.54 bits per heavy atom. The summed E-state index contributed by atoms with van der Waals surface area (Å²) in [6, 6.07) is 3.73. The van der Waals surface area contributed by atoms with Crippen molar-refractivity contribution in [3.63, 3.8) is 0 Å². The largest absolute Gasteiger partial charge is 0.326 e. The first-order valence-corrected chi connectivity index (χ1v) is 5.15. The smallest absolute Gasteiger partial charge is 0.225 e. The van der Waals surface area contributed by atoms with Gasteiger partial charge in [-0.2, -0.15) is 0 Å². The lowest BCUT2D eigenvalue weighted by molar-refractivity contribution is -0.671. The van der Waals surface area contributed by atoms with Gasteiger partial charge >= 0.3 is 0 Å². The van der Waals surface area contributed by atoms with Crippen molar-refractivity contribution in [3.05, 3.63) is 24.5 Å². The van der Waals surface area contributed by atoms with Crippen LogP contribution in [0, 0.1) is 0 Å². The standard InChI is InChI=1S/C9H11BrN2O/c1-12-6-3-8(4-7-12)11-9(13)2-5-10/h3-4,6-7H,2,5H2,1H3/p+1. The quantitative estimate of drug-likeness (QED) is 0.629. The van der Waals surface area contributed by atoms with Gasteiger partial charge in [0.1, 0.15) is 7.05 Å². The molecule has 1 aromatic heterocycles. The van der Waals surface area contributed by atoms with E-state index in [2.05, 4.69) is 21.2 Å². The molecule has 13 heavy (non-hydrogen) atoms. The van der Waals surface area contributed by atoms with Crippen molar-refractivity contribution in [2.75, 3.05) is 10.6 Å². The molecule has 3 nitrogen and oxygen atoms in total. The molecule has 1 rings (SSSR count). The first-order valence-electron chi connectivity index (χ1n) is 4.03. The molecule has 0 aliphatic rings. The molecule has 1 N–H and O–H groups in total. The first kappa shape index (κ1) is 10.2. The summed E-state index contributed by atoms with van der Waals surface area (Å²) in [4.78, 5) is 11.1. The third-order valence-corrected chi connectivity index (χ3v) is 1.98. The van der Waals surface area contributed by atoms with E-state index >= 15 is 0 Å². The Morgan fingerprint density at radius 3 is 2.69 bits per heavy atom. The number of alkyl halides is 1. The van der Waals surface area contributed by atoms with Crippen LogP contribution in [0.5, 0.6) is 0 Å². The molecule has 0 fully saturated rings. The van der Waals surface area contributed by atoms with E-state index < -0.39 is 0 Å². The number of amides is 1. The molecule has 0 bridgehead atoms. The van der Waals surface area contributed by atoms with Crippen LogP contribution in [0.25, 0.3) is 0 Å². The number of hydrogen-bond acceptors (Lipinski definition) is 1. The number of carbonyl (C=O) groups is 1. The topological polar surface area (TPSA) is 33.0 Å². The number of aryl methyl sites for hydroxylation is 1. The van der Waals surface area contributed by atoms with Crippen molar-refractivity contribution in [2.45, 2.75) is 6.42 Å². The Labute approximate surface area is 85.9 Å². The van der Waals surface area contributed by atoms with Gasteiger partial charge in [-0.1, -0.05) is 15.9 Å². The summed E-state index contributed by atoms with van der Waals surface area (Å²) in [5.41, 5.74) is 0.837. The number of anilines is 1. The minimum atomic E-state index is 0.0331. The molecule has 1 aromatic rings. The molecule has 1 amide bonds. The fourth-order valence-corrected chi connectivity index (χ4v) is 1.25. The number of halogens is 1. The van der Waals surface area contributed by atoms with Gasteiger partial charge in [-0.15, -0.1) is 0 Å². The van der Waals surface area contributed by atoms with Gasteiger partial charge < -0.3 is 5.32 Å². The summed E-state index contributed by atoms with van der Waals surface area (Å²) in [6.45, 7) is 0. The molecule has 0 aliphatic heterocycles. The van der Waals surface area contributed by atoms with Crippen LogP contribution in [0.1, 0.15) is 6.42 Å². The normalized spacial score (nSPS) is 9.69. The van der Waals surface area contributed by atoms with E-state index in [1.54, 1.807) is 0 Å². The van der Waals surface area contributed by atoms with Gasteiger partial charge in [0.25, 0.3) is 0 Å². The van der Waals surface area contributed by atoms with E-state index in [0.29, 0.717) is 11.8 Å². The van der Waals surface area contributed by atoms with E-state index in [9.17, 15) is 4.79 Å². The van der Waals surface area contributed by atoms with Crippen molar-refractivity contribution in [1.82, 2.24) is 0 Å². The van der Waals surface area contributed by atoms with E-state index in [1.807, 2.05) is 36.1 Å². The molecule has 4 heteroatoms. The summed E-state index contributed by atoms with van der Waals surface area (Å²) >= 11 is 3.21. The van der Waals surface area contributed by atoms with Gasteiger partial charge in [-0.3, -0.25) is 4.79 Å². The molecule has 0 aliphatic carbocycles. The van der Waals surface area contributed by atoms with Crippen LogP contribution in [0.4, 0.5) is 5.69 Å². The highest BCUT2D eigenvalue weighted by Crippen LogP contribution is 2.03. The van der Waals surface area contributed by atoms with Crippen molar-refractivity contribution >= 4 is 27.5 Å². The Kier molecular flexibility index (Phi) is 3.89. The molecule has 0 unspecified atom stereocenters. The van der Waals surface area contributed by atoms with Gasteiger partial charge in [0.2, 0.25) is 5.91 Å². The maximum absolute atomic E-state index is 11.1. The SMILES string of the molecule is C[n+]1ccc(NC(=O)CCBr)cc1. The molecule has 0 radical (unpaired) electrons. The van der Waals surface area contributed by atoms with Crippen LogP contribution >= 0.6 is 15.9 Å². The first-order chi connectivity index (χ1) is 6.22. The number of pyridine rings is 1. The van der Waals surface area contributed by atoms with E-state index in [-0.39, 0.29) is 5.91 Å². The fourth-order valence-electron chi connectivity index (χ4n) is 0.894. The molecular weight excluding hydrogens is 232 g/mol. The Morgan fingerprint density at radius 2 is 2.15 bits per heavy atom. The Hall–Kier alpha value is -0.900. The predicted octanol–water partition coefficient (Wildman–Crippen LogP) is 1.23. The zero-order chi connectivity index (χ0) is 9.68. The van der Waals surface area contributed by atoms with Gasteiger partial charge in [0, 0.05) is 23.9 Å². The average Bonchev–Trinajstić information content (AvgIpc) is 2.09. The van der Waals surface area contributed by atoms with E-state index in [4.69, 9.17) is 0 Å². The summed E-state index contributed by atoms with van der Waals surface area (Å²) in [6.07, 6.45) is 4.29. The van der Waals surface area contributed by atoms with Crippen LogP contribution < -0.4 is 9.88 Å². The molecular formula is C9H12BrN2O+. The molecule has 0 aromatic carbocycles. The zero-order valence-corrected chi connectivity index (χ0v) is 9.04. The maximum atomic E-state index is 11.1. The summed E-state index contributed by atoms with van der Waals surface area (Å²) in [5, 5.41) is 3.48. The summed E-state index contributed by atoms with van der Waals surface area (Å²) < 4.78 is 1.92. The van der Waals surface area contributed by atoms with Gasteiger partial charge in [0.05, 0.1) is 5.69 Å². The van der Waals surface area contributed by atoms with E-state index in [1.165, 1.54) is 0 Å². The Bertz CT molecular complexity index is 284. The number of hydrogen-bond donors (Lipinski definition) is 1. The van der Waals surface area contributed by atoms with Crippen LogP contribution in [0.15, 0.2) is 24.5 Å². The molecule has 70 valence electrons. The third kappa shape index (κ3) is 3.55. The number of carbonyl (C=O) groups excluding carboxylic acids is 1. The number of nitrogens with zero attached hydrogens (tertiary/aromatic N) is 1. The van der Waals surface area contributed by atoms with Crippen molar-refractivity contribution in [1.29, 1.82) is 0 Å². The lowest BCUT2D eigenvalue weighted by Crippen LogP contribution is -2.26. The van der Waals surface area contributed by atoms with Crippen LogP contribution in [-0.4, -0.2) is 11.2 Å². The van der Waals surface area contributed by atoms with Crippen LogP contribution in [0.3, 0.4) is 0 Å². The highest BCUT2D eigenvalue weighted by atomic mass is 79.9. The average molecular weight is 244 g/mol. The molecule has 0 saturated carbocycles. The fraction of sp³-hybridized carbons (Fsp3) is 0.333. The second-order valence-corrected chi connectivity index (χ2v) is 3.53. The molecule has 0 spiro atoms. The van der Waals surface area contributed by atoms with Crippen LogP contribution in [0.2, 0.25) is 0 Å². The number of nitrogens with one attached hydrogen (secondary N) is 1. The molecule has 1 heterocycles. The minimum Gasteiger partial charge on any atom is -0.326 e. The number of aromatic nitrogens is 1. The lowest BCUT2D eigenvalue weighted by atomic mass is 10.3. The van der Waals surface area contributed by atoms with Gasteiger partial charge in [-0.05, 0) is 0 Å². The maximum Gasteiger partial charge on any atom is 0.225 e. The lowest BCUT2D eigenvalue weighted by Gasteiger charge is -2.01. The zero-order valence-electron chi connectivity index (χ0n) is 7.46. The highest BCUT2D eigenvalue weighted by Gasteiger charge is 2.01. The second kappa shape index (κ2) is 4.97. The summed E-state index contributed by atoms with van der Waals surface area (Å²) in [7, 11) is 1.93. The predicted molar refractivity (Wildman–Crippen MR) is 54.7 cm³/mol. The van der Waals surface area contributed by atoms with Crippen molar-refractivity contribution in [3.8, 4) is 0 Å². The molecule has 0 atom stereocenters. The van der Waals surface area contributed by atoms with Gasteiger partial charge in [-0.25, -0.2) is 4.57 Å². The van der Waals surface area contributed by atoms with Crippen molar-refractivity contribution in [2.24, 2.45) is 7.05 Å². The van der Waals surface area contributed by atoms with E-state index in [0.717, 1.165) is 5.69 Å².